The van der Waals surface area contributed by atoms with Gasteiger partial charge in [-0.15, -0.1) is 0 Å². The maximum absolute atomic E-state index is 12.4. The Morgan fingerprint density at radius 2 is 1.95 bits per heavy atom. The molecule has 6 heteroatoms. The lowest BCUT2D eigenvalue weighted by atomic mass is 10.1. The summed E-state index contributed by atoms with van der Waals surface area (Å²) >= 11 is 0. The van der Waals surface area contributed by atoms with E-state index in [2.05, 4.69) is 23.5 Å². The first-order valence-corrected chi connectivity index (χ1v) is 8.33. The quantitative estimate of drug-likeness (QED) is 0.890. The van der Waals surface area contributed by atoms with Gasteiger partial charge in [-0.1, -0.05) is 13.8 Å². The molecule has 0 spiro atoms. The van der Waals surface area contributed by atoms with Crippen LogP contribution in [0.4, 0.5) is 0 Å². The minimum atomic E-state index is -3.47. The first kappa shape index (κ1) is 15.3. The van der Waals surface area contributed by atoms with E-state index >= 15 is 0 Å². The molecule has 0 unspecified atom stereocenters. The molecule has 0 aromatic heterocycles. The predicted molar refractivity (Wildman–Crippen MR) is 78.4 cm³/mol. The van der Waals surface area contributed by atoms with Crippen LogP contribution in [0.5, 0.6) is 5.75 Å². The average molecular weight is 298 g/mol. The van der Waals surface area contributed by atoms with E-state index < -0.39 is 10.0 Å². The molecule has 1 aromatic carbocycles. The monoisotopic (exact) mass is 298 g/mol. The van der Waals surface area contributed by atoms with Gasteiger partial charge in [0.1, 0.15) is 5.75 Å². The Morgan fingerprint density at radius 1 is 1.30 bits per heavy atom. The lowest BCUT2D eigenvalue weighted by molar-refractivity contribution is 0.344. The zero-order valence-electron chi connectivity index (χ0n) is 12.2. The van der Waals surface area contributed by atoms with E-state index in [0.29, 0.717) is 11.7 Å². The van der Waals surface area contributed by atoms with E-state index in [1.165, 1.54) is 0 Å². The maximum Gasteiger partial charge on any atom is 0.240 e. The molecular weight excluding hydrogens is 276 g/mol. The van der Waals surface area contributed by atoms with Gasteiger partial charge in [-0.05, 0) is 36.7 Å². The standard InChI is InChI=1S/C14H22N2O3S/c1-4-16-9-11(2)14(10-16)15-20(17,18)13-7-5-12(19-3)6-8-13/h5-8,11,14-15H,4,9-10H2,1-3H3/t11-,14-/m1/s1. The minimum Gasteiger partial charge on any atom is -0.497 e. The normalized spacial score (nSPS) is 23.9. The molecule has 0 bridgehead atoms. The van der Waals surface area contributed by atoms with E-state index in [4.69, 9.17) is 4.74 Å². The van der Waals surface area contributed by atoms with Crippen LogP contribution in [0.2, 0.25) is 0 Å². The van der Waals surface area contributed by atoms with E-state index in [9.17, 15) is 8.42 Å². The number of methoxy groups -OCH3 is 1. The van der Waals surface area contributed by atoms with Crippen LogP contribution in [0.3, 0.4) is 0 Å². The second-order valence-electron chi connectivity index (χ2n) is 5.23. The second kappa shape index (κ2) is 6.11. The lowest BCUT2D eigenvalue weighted by Gasteiger charge is -2.17. The van der Waals surface area contributed by atoms with Gasteiger partial charge in [0, 0.05) is 19.1 Å². The number of likely N-dealkylation sites (tertiary alicyclic amines) is 1. The number of sulfonamides is 1. The number of nitrogens with zero attached hydrogens (tertiary/aromatic N) is 1. The van der Waals surface area contributed by atoms with Crippen molar-refractivity contribution in [3.05, 3.63) is 24.3 Å². The number of ether oxygens (including phenoxy) is 1. The fourth-order valence-corrected chi connectivity index (χ4v) is 3.84. The first-order valence-electron chi connectivity index (χ1n) is 6.85. The highest BCUT2D eigenvalue weighted by molar-refractivity contribution is 7.89. The predicted octanol–water partition coefficient (Wildman–Crippen LogP) is 1.31. The summed E-state index contributed by atoms with van der Waals surface area (Å²) in [6, 6.07) is 6.43. The highest BCUT2D eigenvalue weighted by Gasteiger charge is 2.32. The van der Waals surface area contributed by atoms with E-state index in [1.807, 2.05) is 0 Å². The molecule has 1 saturated heterocycles. The molecule has 112 valence electrons. The van der Waals surface area contributed by atoms with Crippen LogP contribution in [-0.2, 0) is 10.0 Å². The Labute approximate surface area is 121 Å². The van der Waals surface area contributed by atoms with Gasteiger partial charge in [-0.3, -0.25) is 0 Å². The summed E-state index contributed by atoms with van der Waals surface area (Å²) in [5.74, 6) is 0.971. The molecule has 2 rings (SSSR count). The van der Waals surface area contributed by atoms with Crippen molar-refractivity contribution in [2.45, 2.75) is 24.8 Å². The minimum absolute atomic E-state index is 0.0259. The van der Waals surface area contributed by atoms with Crippen molar-refractivity contribution in [1.82, 2.24) is 9.62 Å². The third-order valence-electron chi connectivity index (χ3n) is 3.81. The average Bonchev–Trinajstić information content (AvgIpc) is 2.79. The Bertz CT molecular complexity index is 542. The number of nitrogens with one attached hydrogen (secondary N) is 1. The molecule has 0 saturated carbocycles. The van der Waals surface area contributed by atoms with Crippen LogP contribution in [-0.4, -0.2) is 46.1 Å². The van der Waals surface area contributed by atoms with Crippen LogP contribution in [0.25, 0.3) is 0 Å². The van der Waals surface area contributed by atoms with E-state index in [-0.39, 0.29) is 10.9 Å². The van der Waals surface area contributed by atoms with Crippen LogP contribution < -0.4 is 9.46 Å². The molecule has 1 fully saturated rings. The molecule has 1 aliphatic rings. The molecule has 1 N–H and O–H groups in total. The molecule has 0 amide bonds. The van der Waals surface area contributed by atoms with Crippen LogP contribution in [0.15, 0.2) is 29.2 Å². The van der Waals surface area contributed by atoms with Gasteiger partial charge in [0.25, 0.3) is 0 Å². The summed E-state index contributed by atoms with van der Waals surface area (Å²) in [5, 5.41) is 0. The number of rotatable bonds is 5. The van der Waals surface area contributed by atoms with Crippen molar-refractivity contribution in [3.8, 4) is 5.75 Å². The van der Waals surface area contributed by atoms with E-state index in [1.54, 1.807) is 31.4 Å². The molecule has 1 aromatic rings. The van der Waals surface area contributed by atoms with Crippen LogP contribution in [0, 0.1) is 5.92 Å². The number of likely N-dealkylation sites (N-methyl/N-ethyl adjacent to an activating group) is 1. The second-order valence-corrected chi connectivity index (χ2v) is 6.95. The zero-order chi connectivity index (χ0) is 14.8. The van der Waals surface area contributed by atoms with Crippen molar-refractivity contribution in [2.75, 3.05) is 26.7 Å². The van der Waals surface area contributed by atoms with Gasteiger partial charge in [0.2, 0.25) is 10.0 Å². The maximum atomic E-state index is 12.4. The zero-order valence-corrected chi connectivity index (χ0v) is 13.0. The smallest absolute Gasteiger partial charge is 0.240 e. The van der Waals surface area contributed by atoms with Gasteiger partial charge in [-0.25, -0.2) is 13.1 Å². The highest BCUT2D eigenvalue weighted by atomic mass is 32.2. The van der Waals surface area contributed by atoms with Crippen molar-refractivity contribution in [3.63, 3.8) is 0 Å². The van der Waals surface area contributed by atoms with Crippen molar-refractivity contribution in [1.29, 1.82) is 0 Å². The van der Waals surface area contributed by atoms with Gasteiger partial charge in [0.15, 0.2) is 0 Å². The Morgan fingerprint density at radius 3 is 2.45 bits per heavy atom. The Hall–Kier alpha value is -1.11. The fraction of sp³-hybridized carbons (Fsp3) is 0.571. The Balaban J connectivity index is 2.10. The highest BCUT2D eigenvalue weighted by Crippen LogP contribution is 2.20. The number of hydrogen-bond donors (Lipinski definition) is 1. The van der Waals surface area contributed by atoms with Gasteiger partial charge < -0.3 is 9.64 Å². The van der Waals surface area contributed by atoms with Crippen molar-refractivity contribution < 1.29 is 13.2 Å². The summed E-state index contributed by atoms with van der Waals surface area (Å²) in [4.78, 5) is 2.53. The number of hydrogen-bond acceptors (Lipinski definition) is 4. The topological polar surface area (TPSA) is 58.6 Å². The molecule has 1 aliphatic heterocycles. The summed E-state index contributed by atoms with van der Waals surface area (Å²) in [5.41, 5.74) is 0. The summed E-state index contributed by atoms with van der Waals surface area (Å²) in [6.45, 7) is 6.83. The van der Waals surface area contributed by atoms with Gasteiger partial charge in [-0.2, -0.15) is 0 Å². The van der Waals surface area contributed by atoms with Gasteiger partial charge >= 0.3 is 0 Å². The fourth-order valence-electron chi connectivity index (χ4n) is 2.50. The molecule has 0 aliphatic carbocycles. The number of benzene rings is 1. The molecule has 0 radical (unpaired) electrons. The molecule has 5 nitrogen and oxygen atoms in total. The van der Waals surface area contributed by atoms with Crippen molar-refractivity contribution in [2.24, 2.45) is 5.92 Å². The molecular formula is C14H22N2O3S. The van der Waals surface area contributed by atoms with Gasteiger partial charge in [0.05, 0.1) is 12.0 Å². The lowest BCUT2D eigenvalue weighted by Crippen LogP contribution is -2.39. The third-order valence-corrected chi connectivity index (χ3v) is 5.32. The summed E-state index contributed by atoms with van der Waals surface area (Å²) < 4.78 is 32.6. The summed E-state index contributed by atoms with van der Waals surface area (Å²) in [6.07, 6.45) is 0. The van der Waals surface area contributed by atoms with Crippen molar-refractivity contribution >= 4 is 10.0 Å². The van der Waals surface area contributed by atoms with E-state index in [0.717, 1.165) is 19.6 Å². The SMILES string of the molecule is CCN1C[C@@H](C)[C@H](NS(=O)(=O)c2ccc(OC)cc2)C1. The molecule has 2 atom stereocenters. The largest absolute Gasteiger partial charge is 0.497 e. The molecule has 1 heterocycles. The van der Waals surface area contributed by atoms with Crippen LogP contribution >= 0.6 is 0 Å². The summed E-state index contributed by atoms with van der Waals surface area (Å²) in [7, 11) is -1.91. The third kappa shape index (κ3) is 3.31. The Kier molecular flexibility index (Phi) is 4.67. The molecule has 20 heavy (non-hydrogen) atoms. The first-order chi connectivity index (χ1) is 9.46. The van der Waals surface area contributed by atoms with Crippen LogP contribution in [0.1, 0.15) is 13.8 Å².